The Hall–Kier alpha value is -3.79. The Morgan fingerprint density at radius 3 is 0.835 bits per heavy atom. The van der Waals surface area contributed by atoms with Gasteiger partial charge < -0.3 is 34.2 Å². The zero-order valence-corrected chi connectivity index (χ0v) is 67.0. The van der Waals surface area contributed by atoms with Crippen LogP contribution in [0.5, 0.6) is 0 Å². The van der Waals surface area contributed by atoms with E-state index in [1.807, 2.05) is 0 Å². The molecule has 5 unspecified atom stereocenters. The topological polar surface area (TPSA) is 231 Å². The van der Waals surface area contributed by atoms with Crippen LogP contribution in [-0.4, -0.2) is 95.9 Å². The van der Waals surface area contributed by atoms with E-state index in [0.29, 0.717) is 19.3 Å². The van der Waals surface area contributed by atoms with E-state index in [4.69, 9.17) is 32.3 Å². The highest BCUT2D eigenvalue weighted by atomic mass is 31.2. The number of aliphatic hydroxyl groups is 2. The van der Waals surface area contributed by atoms with Gasteiger partial charge in [-0.05, 0) is 109 Å². The molecule has 0 aliphatic heterocycles. The van der Waals surface area contributed by atoms with Crippen LogP contribution in [0.25, 0.3) is 0 Å². The van der Waals surface area contributed by atoms with Crippen molar-refractivity contribution in [1.82, 2.24) is 0 Å². The van der Waals surface area contributed by atoms with E-state index >= 15 is 0 Å². The summed E-state index contributed by atoms with van der Waals surface area (Å²) in [4.78, 5) is 58.6. The van der Waals surface area contributed by atoms with Crippen molar-refractivity contribution < 1.29 is 75.8 Å². The normalized spacial score (nSPS) is 14.5. The van der Waals surface area contributed by atoms with E-state index in [0.717, 1.165) is 141 Å². The molecule has 0 spiro atoms. The van der Waals surface area contributed by atoms with E-state index in [1.165, 1.54) is 154 Å². The molecule has 0 aliphatic rings. The lowest BCUT2D eigenvalue weighted by molar-refractivity contribution is -0.161. The SMILES string of the molecule is CC/C=C\C/C=C\C/C=C\C/C=C\C/C=C\CCCCCCCCCCCCCCCCCCCC(=O)OCC(O)COP(=O)(O)OCC(O)COP(=O)(O)OCC(COC(=O)CCCCCCCCC/C=C\C/C=C\C/C=C\C/C=C\CCCCC)OC(=O)CCCCCCCCCCCCC. The second-order valence-corrected chi connectivity index (χ2v) is 30.5. The number of unbranched alkanes of at least 4 members (excludes halogenated alkanes) is 37. The molecular weight excluding hydrogens is 1340 g/mol. The van der Waals surface area contributed by atoms with Gasteiger partial charge in [0.1, 0.15) is 25.4 Å². The van der Waals surface area contributed by atoms with Gasteiger partial charge in [0, 0.05) is 19.3 Å². The fourth-order valence-electron chi connectivity index (χ4n) is 11.2. The summed E-state index contributed by atoms with van der Waals surface area (Å²) in [6.07, 6.45) is 91.6. The van der Waals surface area contributed by atoms with Gasteiger partial charge in [0.2, 0.25) is 0 Å². The van der Waals surface area contributed by atoms with Crippen LogP contribution >= 0.6 is 15.6 Å². The third kappa shape index (κ3) is 79.1. The van der Waals surface area contributed by atoms with Gasteiger partial charge in [-0.25, -0.2) is 9.13 Å². The molecule has 0 aromatic heterocycles. The largest absolute Gasteiger partial charge is 0.472 e. The van der Waals surface area contributed by atoms with Crippen molar-refractivity contribution >= 4 is 33.6 Å². The Balaban J connectivity index is 4.37. The predicted molar refractivity (Wildman–Crippen MR) is 427 cm³/mol. The van der Waals surface area contributed by atoms with Crippen molar-refractivity contribution in [3.63, 3.8) is 0 Å². The minimum atomic E-state index is -4.93. The van der Waals surface area contributed by atoms with Crippen LogP contribution in [0.2, 0.25) is 0 Å². The fraction of sp³-hybridized carbons (Fsp3) is 0.753. The molecule has 18 heteroatoms. The van der Waals surface area contributed by atoms with Crippen molar-refractivity contribution in [2.75, 3.05) is 39.6 Å². The van der Waals surface area contributed by atoms with E-state index in [-0.39, 0.29) is 19.3 Å². The van der Waals surface area contributed by atoms with E-state index in [1.54, 1.807) is 0 Å². The Morgan fingerprint density at radius 1 is 0.282 bits per heavy atom. The zero-order chi connectivity index (χ0) is 75.2. The summed E-state index contributed by atoms with van der Waals surface area (Å²) in [5.41, 5.74) is 0. The smallest absolute Gasteiger partial charge is 0.463 e. The van der Waals surface area contributed by atoms with Gasteiger partial charge in [-0.15, -0.1) is 0 Å². The first-order valence-corrected chi connectivity index (χ1v) is 44.2. The van der Waals surface area contributed by atoms with Gasteiger partial charge in [-0.1, -0.05) is 336 Å². The van der Waals surface area contributed by atoms with Gasteiger partial charge in [0.05, 0.1) is 26.4 Å². The van der Waals surface area contributed by atoms with Crippen LogP contribution in [0.15, 0.2) is 109 Å². The quantitative estimate of drug-likeness (QED) is 0.0146. The zero-order valence-electron chi connectivity index (χ0n) is 65.2. The third-order valence-electron chi connectivity index (χ3n) is 17.5. The van der Waals surface area contributed by atoms with E-state index in [9.17, 15) is 43.5 Å². The molecule has 0 fully saturated rings. The standard InChI is InChI=1S/C85H150O16P2/c1-4-7-10-13-16-19-22-24-26-28-30-32-34-35-36-37-38-39-40-41-42-43-45-47-48-50-52-54-57-59-62-65-68-71-83(88)95-74-80(86)75-97-102(91,92)98-76-81(87)77-99-103(93,94)100-79-82(101-85(90)73-70-67-64-61-56-21-18-15-12-9-6-3)78-96-84(89)72-69-66-63-60-58-55-53-51-49-46-44-33-31-29-27-25-23-20-17-14-11-8-5-2/h7,10,16-17,19-20,24-27,30-33,35-36,46,49,80-82,86-87H,4-6,8-9,11-15,18,21-23,28-29,34,37-45,47-48,50-79H2,1-3H3,(H,91,92)(H,93,94)/b10-7-,19-16-,20-17-,26-24-,27-25-,32-30-,33-31-,36-35-,49-46-. The van der Waals surface area contributed by atoms with Crippen molar-refractivity contribution in [3.05, 3.63) is 109 Å². The Morgan fingerprint density at radius 2 is 0.515 bits per heavy atom. The Kier molecular flexibility index (Phi) is 74.9. The second kappa shape index (κ2) is 77.8. The molecular formula is C85H150O16P2. The fourth-order valence-corrected chi connectivity index (χ4v) is 12.8. The van der Waals surface area contributed by atoms with Crippen molar-refractivity contribution in [2.45, 2.75) is 373 Å². The molecule has 596 valence electrons. The minimum Gasteiger partial charge on any atom is -0.463 e. The summed E-state index contributed by atoms with van der Waals surface area (Å²) in [6.45, 7) is 2.55. The number of rotatable bonds is 78. The van der Waals surface area contributed by atoms with Crippen LogP contribution < -0.4 is 0 Å². The highest BCUT2D eigenvalue weighted by Crippen LogP contribution is 2.45. The summed E-state index contributed by atoms with van der Waals surface area (Å²) < 4.78 is 61.1. The van der Waals surface area contributed by atoms with Gasteiger partial charge in [0.25, 0.3) is 0 Å². The van der Waals surface area contributed by atoms with E-state index < -0.39 is 91.5 Å². The number of hydrogen-bond donors (Lipinski definition) is 4. The number of carbonyl (C=O) groups excluding carboxylic acids is 3. The molecule has 0 aliphatic carbocycles. The first-order valence-electron chi connectivity index (χ1n) is 41.2. The number of allylic oxidation sites excluding steroid dienone is 18. The van der Waals surface area contributed by atoms with Gasteiger partial charge in [-0.3, -0.25) is 32.5 Å². The lowest BCUT2D eigenvalue weighted by Crippen LogP contribution is -2.30. The first kappa shape index (κ1) is 99.2. The molecule has 0 amide bonds. The molecule has 0 bridgehead atoms. The Labute approximate surface area is 628 Å². The summed E-state index contributed by atoms with van der Waals surface area (Å²) >= 11 is 0. The minimum absolute atomic E-state index is 0.105. The molecule has 103 heavy (non-hydrogen) atoms. The predicted octanol–water partition coefficient (Wildman–Crippen LogP) is 24.3. The molecule has 16 nitrogen and oxygen atoms in total. The number of esters is 3. The van der Waals surface area contributed by atoms with Crippen LogP contribution in [0.3, 0.4) is 0 Å². The van der Waals surface area contributed by atoms with Gasteiger partial charge >= 0.3 is 33.6 Å². The molecule has 0 heterocycles. The van der Waals surface area contributed by atoms with Crippen molar-refractivity contribution in [3.8, 4) is 0 Å². The number of hydrogen-bond acceptors (Lipinski definition) is 14. The molecule has 0 saturated carbocycles. The molecule has 0 aromatic carbocycles. The first-order chi connectivity index (χ1) is 50.2. The molecule has 5 atom stereocenters. The Bertz CT molecular complexity index is 2310. The number of aliphatic hydroxyl groups excluding tert-OH is 2. The number of phosphoric acid groups is 2. The molecule has 0 saturated heterocycles. The van der Waals surface area contributed by atoms with Crippen LogP contribution in [0.1, 0.15) is 355 Å². The number of carbonyl (C=O) groups is 3. The maximum Gasteiger partial charge on any atom is 0.472 e. The number of phosphoric ester groups is 2. The summed E-state index contributed by atoms with van der Waals surface area (Å²) in [5, 5.41) is 20.6. The van der Waals surface area contributed by atoms with Crippen molar-refractivity contribution in [2.24, 2.45) is 0 Å². The van der Waals surface area contributed by atoms with Crippen molar-refractivity contribution in [1.29, 1.82) is 0 Å². The highest BCUT2D eigenvalue weighted by molar-refractivity contribution is 7.47. The van der Waals surface area contributed by atoms with Crippen LogP contribution in [-0.2, 0) is 55.8 Å². The lowest BCUT2D eigenvalue weighted by atomic mass is 10.0. The van der Waals surface area contributed by atoms with E-state index in [2.05, 4.69) is 130 Å². The molecule has 4 N–H and O–H groups in total. The molecule has 0 rings (SSSR count). The molecule has 0 aromatic rings. The van der Waals surface area contributed by atoms with Gasteiger partial charge in [-0.2, -0.15) is 0 Å². The maximum absolute atomic E-state index is 12.9. The monoisotopic (exact) mass is 1490 g/mol. The van der Waals surface area contributed by atoms with Crippen LogP contribution in [0, 0.1) is 0 Å². The average molecular weight is 1490 g/mol. The third-order valence-corrected chi connectivity index (χ3v) is 19.4. The van der Waals surface area contributed by atoms with Gasteiger partial charge in [0.15, 0.2) is 6.10 Å². The van der Waals surface area contributed by atoms with Crippen LogP contribution in [0.4, 0.5) is 0 Å². The maximum atomic E-state index is 12.9. The lowest BCUT2D eigenvalue weighted by Gasteiger charge is -2.21. The molecule has 0 radical (unpaired) electrons. The summed E-state index contributed by atoms with van der Waals surface area (Å²) in [5.74, 6) is -1.57. The number of ether oxygens (including phenoxy) is 3. The summed E-state index contributed by atoms with van der Waals surface area (Å²) in [7, 11) is -9.78. The highest BCUT2D eigenvalue weighted by Gasteiger charge is 2.29. The summed E-state index contributed by atoms with van der Waals surface area (Å²) in [6, 6.07) is 0. The average Bonchev–Trinajstić information content (AvgIpc) is 0.914. The second-order valence-electron chi connectivity index (χ2n) is 27.6.